The third kappa shape index (κ3) is 2.24. The van der Waals surface area contributed by atoms with Crippen molar-refractivity contribution in [1.82, 2.24) is 10.4 Å². The molecule has 3 nitrogen and oxygen atoms in total. The van der Waals surface area contributed by atoms with Gasteiger partial charge in [0.15, 0.2) is 5.17 Å². The van der Waals surface area contributed by atoms with Gasteiger partial charge < -0.3 is 0 Å². The average molecular weight is 145 g/mol. The lowest BCUT2D eigenvalue weighted by Gasteiger charge is -2.11. The molecule has 1 heterocycles. The largest absolute Gasteiger partial charge is 0.298 e. The Morgan fingerprint density at radius 1 is 1.67 bits per heavy atom. The monoisotopic (exact) mass is 145 g/mol. The fraction of sp³-hybridized carbons (Fsp3) is 0.800. The van der Waals surface area contributed by atoms with Gasteiger partial charge in [-0.05, 0) is 0 Å². The molecule has 0 unspecified atom stereocenters. The van der Waals surface area contributed by atoms with Gasteiger partial charge in [0.05, 0.1) is 6.54 Å². The lowest BCUT2D eigenvalue weighted by molar-refractivity contribution is 0.366. The molecule has 0 saturated heterocycles. The first-order valence-electron chi connectivity index (χ1n) is 2.90. The van der Waals surface area contributed by atoms with Gasteiger partial charge in [0.25, 0.3) is 0 Å². The Hall–Kier alpha value is -0.220. The second-order valence-corrected chi connectivity index (χ2v) is 3.13. The first-order valence-corrected chi connectivity index (χ1v) is 3.89. The third-order valence-electron chi connectivity index (χ3n) is 0.905. The van der Waals surface area contributed by atoms with Crippen LogP contribution in [0.15, 0.2) is 4.99 Å². The van der Waals surface area contributed by atoms with Crippen LogP contribution in [0.5, 0.6) is 0 Å². The van der Waals surface area contributed by atoms with Gasteiger partial charge in [-0.1, -0.05) is 11.8 Å². The lowest BCUT2D eigenvalue weighted by Crippen LogP contribution is -2.33. The lowest BCUT2D eigenvalue weighted by atomic mass is 10.8. The summed E-state index contributed by atoms with van der Waals surface area (Å²) in [7, 11) is 3.92. The maximum absolute atomic E-state index is 4.20. The molecule has 0 fully saturated rings. The fourth-order valence-corrected chi connectivity index (χ4v) is 1.40. The molecule has 52 valence electrons. The van der Waals surface area contributed by atoms with Crippen LogP contribution in [-0.4, -0.2) is 36.6 Å². The zero-order chi connectivity index (χ0) is 6.69. The Bertz CT molecular complexity index is 121. The van der Waals surface area contributed by atoms with Crippen molar-refractivity contribution in [1.29, 1.82) is 0 Å². The maximum Gasteiger partial charge on any atom is 0.171 e. The van der Waals surface area contributed by atoms with E-state index in [1.54, 1.807) is 11.8 Å². The number of aliphatic imine (C=N–C) groups is 1. The Kier molecular flexibility index (Phi) is 2.36. The van der Waals surface area contributed by atoms with Gasteiger partial charge >= 0.3 is 0 Å². The van der Waals surface area contributed by atoms with E-state index < -0.39 is 0 Å². The Morgan fingerprint density at radius 3 is 2.89 bits per heavy atom. The van der Waals surface area contributed by atoms with Gasteiger partial charge in [-0.3, -0.25) is 10.4 Å². The predicted octanol–water partition coefficient (Wildman–Crippen LogP) is 0.155. The number of hydrazine groups is 1. The summed E-state index contributed by atoms with van der Waals surface area (Å²) in [6, 6.07) is 0. The molecule has 0 atom stereocenters. The normalized spacial score (nSPS) is 18.3. The molecule has 0 amide bonds. The van der Waals surface area contributed by atoms with Gasteiger partial charge in [-0.2, -0.15) is 0 Å². The molecule has 0 aromatic rings. The van der Waals surface area contributed by atoms with E-state index >= 15 is 0 Å². The van der Waals surface area contributed by atoms with E-state index in [2.05, 4.69) is 10.4 Å². The molecular weight excluding hydrogens is 134 g/mol. The third-order valence-corrected chi connectivity index (χ3v) is 1.79. The number of rotatable bonds is 1. The first kappa shape index (κ1) is 6.89. The minimum Gasteiger partial charge on any atom is -0.298 e. The molecule has 0 aromatic carbocycles. The van der Waals surface area contributed by atoms with Crippen LogP contribution in [0.4, 0.5) is 0 Å². The molecule has 0 saturated carbocycles. The summed E-state index contributed by atoms with van der Waals surface area (Å²) in [5.41, 5.74) is 3.09. The van der Waals surface area contributed by atoms with E-state index in [9.17, 15) is 0 Å². The van der Waals surface area contributed by atoms with Gasteiger partial charge in [-0.15, -0.1) is 0 Å². The number of nitrogens with one attached hydrogen (secondary N) is 1. The van der Waals surface area contributed by atoms with E-state index in [1.807, 2.05) is 19.1 Å². The number of nitrogens with zero attached hydrogens (tertiary/aromatic N) is 2. The molecule has 9 heavy (non-hydrogen) atoms. The SMILES string of the molecule is CN(C)NC1=NCCS1. The molecule has 0 aliphatic carbocycles. The summed E-state index contributed by atoms with van der Waals surface area (Å²) >= 11 is 1.77. The summed E-state index contributed by atoms with van der Waals surface area (Å²) in [5, 5.41) is 2.94. The van der Waals surface area contributed by atoms with E-state index in [0.29, 0.717) is 0 Å². The fourth-order valence-electron chi connectivity index (χ4n) is 0.594. The number of hydrogen-bond acceptors (Lipinski definition) is 4. The topological polar surface area (TPSA) is 27.6 Å². The summed E-state index contributed by atoms with van der Waals surface area (Å²) in [4.78, 5) is 4.20. The van der Waals surface area contributed by atoms with Crippen molar-refractivity contribution < 1.29 is 0 Å². The van der Waals surface area contributed by atoms with Crippen molar-refractivity contribution in [2.75, 3.05) is 26.4 Å². The van der Waals surface area contributed by atoms with Gasteiger partial charge in [0.1, 0.15) is 0 Å². The highest BCUT2D eigenvalue weighted by molar-refractivity contribution is 8.14. The Labute approximate surface area is 59.5 Å². The minimum atomic E-state index is 0.959. The van der Waals surface area contributed by atoms with E-state index in [1.165, 1.54) is 0 Å². The van der Waals surface area contributed by atoms with Crippen LogP contribution in [0.25, 0.3) is 0 Å². The minimum absolute atomic E-state index is 0.959. The Morgan fingerprint density at radius 2 is 2.44 bits per heavy atom. The van der Waals surface area contributed by atoms with Gasteiger partial charge in [0.2, 0.25) is 0 Å². The van der Waals surface area contributed by atoms with Crippen LogP contribution in [0.2, 0.25) is 0 Å². The van der Waals surface area contributed by atoms with Crippen LogP contribution in [-0.2, 0) is 0 Å². The van der Waals surface area contributed by atoms with Crippen molar-refractivity contribution >= 4 is 16.9 Å². The van der Waals surface area contributed by atoms with Crippen LogP contribution in [0, 0.1) is 0 Å². The summed E-state index contributed by atoms with van der Waals surface area (Å²) in [5.74, 6) is 1.12. The number of amidine groups is 1. The van der Waals surface area contributed by atoms with Crippen LogP contribution in [0.3, 0.4) is 0 Å². The second kappa shape index (κ2) is 3.08. The molecule has 1 aliphatic heterocycles. The molecule has 1 aliphatic rings. The highest BCUT2D eigenvalue weighted by atomic mass is 32.2. The zero-order valence-electron chi connectivity index (χ0n) is 5.72. The molecule has 0 spiro atoms. The first-order chi connectivity index (χ1) is 4.29. The average Bonchev–Trinajstić information content (AvgIpc) is 2.15. The van der Waals surface area contributed by atoms with Gasteiger partial charge in [-0.25, -0.2) is 5.01 Å². The number of thioether (sulfide) groups is 1. The summed E-state index contributed by atoms with van der Waals surface area (Å²) < 4.78 is 0. The van der Waals surface area contributed by atoms with E-state index in [-0.39, 0.29) is 0 Å². The standard InChI is InChI=1S/C5H11N3S/c1-8(2)7-5-6-3-4-9-5/h3-4H2,1-2H3,(H,6,7). The molecule has 0 radical (unpaired) electrons. The van der Waals surface area contributed by atoms with Crippen molar-refractivity contribution in [3.63, 3.8) is 0 Å². The maximum atomic E-state index is 4.20. The van der Waals surface area contributed by atoms with Crippen molar-refractivity contribution in [2.24, 2.45) is 4.99 Å². The molecule has 1 rings (SSSR count). The highest BCUT2D eigenvalue weighted by Crippen LogP contribution is 2.08. The smallest absolute Gasteiger partial charge is 0.171 e. The molecule has 4 heteroatoms. The molecular formula is C5H11N3S. The van der Waals surface area contributed by atoms with Gasteiger partial charge in [0, 0.05) is 19.8 Å². The summed E-state index contributed by atoms with van der Waals surface area (Å²) in [6.07, 6.45) is 0. The van der Waals surface area contributed by atoms with E-state index in [4.69, 9.17) is 0 Å². The quantitative estimate of drug-likeness (QED) is 0.532. The van der Waals surface area contributed by atoms with Crippen molar-refractivity contribution in [2.45, 2.75) is 0 Å². The number of hydrogen-bond donors (Lipinski definition) is 1. The van der Waals surface area contributed by atoms with Crippen LogP contribution in [0.1, 0.15) is 0 Å². The van der Waals surface area contributed by atoms with Crippen LogP contribution >= 0.6 is 11.8 Å². The van der Waals surface area contributed by atoms with Crippen molar-refractivity contribution in [3.8, 4) is 0 Å². The second-order valence-electron chi connectivity index (χ2n) is 2.04. The summed E-state index contributed by atoms with van der Waals surface area (Å²) in [6.45, 7) is 0.959. The molecule has 1 N–H and O–H groups in total. The van der Waals surface area contributed by atoms with Crippen LogP contribution < -0.4 is 5.43 Å². The zero-order valence-corrected chi connectivity index (χ0v) is 6.53. The highest BCUT2D eigenvalue weighted by Gasteiger charge is 2.05. The molecule has 0 aromatic heterocycles. The predicted molar refractivity (Wildman–Crippen MR) is 41.6 cm³/mol. The molecule has 0 bridgehead atoms. The van der Waals surface area contributed by atoms with E-state index in [0.717, 1.165) is 17.5 Å². The van der Waals surface area contributed by atoms with Crippen molar-refractivity contribution in [3.05, 3.63) is 0 Å². The Balaban J connectivity index is 2.26.